The fraction of sp³-hybridized carbons (Fsp3) is 0.263. The number of thioether (sulfide) groups is 1. The maximum absolute atomic E-state index is 13.6. The van der Waals surface area contributed by atoms with E-state index >= 15 is 0 Å². The predicted molar refractivity (Wildman–Crippen MR) is 106 cm³/mol. The molecule has 0 saturated carbocycles. The molecule has 8 nitrogen and oxygen atoms in total. The van der Waals surface area contributed by atoms with Crippen LogP contribution in [0.4, 0.5) is 10.1 Å². The maximum Gasteiger partial charge on any atom is 0.234 e. The maximum atomic E-state index is 13.6. The lowest BCUT2D eigenvalue weighted by Gasteiger charge is -2.09. The third-order valence-electron chi connectivity index (χ3n) is 4.07. The molecule has 10 heteroatoms. The minimum atomic E-state index is -0.434. The van der Waals surface area contributed by atoms with Crippen molar-refractivity contribution in [2.75, 3.05) is 11.1 Å². The number of aryl methyl sites for hydroxylation is 2. The molecule has 0 unspecified atom stereocenters. The van der Waals surface area contributed by atoms with Gasteiger partial charge in [0.25, 0.3) is 0 Å². The molecule has 3 aromatic rings. The summed E-state index contributed by atoms with van der Waals surface area (Å²) in [4.78, 5) is 23.3. The number of anilines is 1. The van der Waals surface area contributed by atoms with E-state index in [0.717, 1.165) is 0 Å². The van der Waals surface area contributed by atoms with Crippen LogP contribution >= 0.6 is 11.8 Å². The molecular weight excluding hydrogens is 397 g/mol. The Morgan fingerprint density at radius 1 is 1.31 bits per heavy atom. The first-order chi connectivity index (χ1) is 13.9. The molecule has 0 aliphatic carbocycles. The average molecular weight is 417 g/mol. The Kier molecular flexibility index (Phi) is 6.65. The van der Waals surface area contributed by atoms with Crippen LogP contribution in [0.25, 0.3) is 0 Å². The molecule has 152 valence electrons. The average Bonchev–Trinajstić information content (AvgIpc) is 3.32. The van der Waals surface area contributed by atoms with Gasteiger partial charge in [-0.2, -0.15) is 0 Å². The van der Waals surface area contributed by atoms with E-state index in [-0.39, 0.29) is 23.9 Å². The van der Waals surface area contributed by atoms with Crippen LogP contribution in [0.2, 0.25) is 0 Å². The fourth-order valence-corrected chi connectivity index (χ4v) is 3.32. The van der Waals surface area contributed by atoms with E-state index < -0.39 is 5.91 Å². The number of furan rings is 1. The normalized spacial score (nSPS) is 10.8. The number of primary amides is 1. The molecule has 0 aliphatic heterocycles. The first-order valence-corrected chi connectivity index (χ1v) is 9.82. The number of rotatable bonds is 9. The second-order valence-corrected chi connectivity index (χ2v) is 7.27. The molecule has 3 N–H and O–H groups in total. The topological polar surface area (TPSA) is 116 Å². The quantitative estimate of drug-likeness (QED) is 0.517. The van der Waals surface area contributed by atoms with Gasteiger partial charge in [-0.05, 0) is 36.8 Å². The first kappa shape index (κ1) is 20.6. The minimum absolute atomic E-state index is 0.0571. The zero-order valence-corrected chi connectivity index (χ0v) is 16.5. The molecule has 0 spiro atoms. The highest BCUT2D eigenvalue weighted by Gasteiger charge is 2.16. The summed E-state index contributed by atoms with van der Waals surface area (Å²) in [5, 5.41) is 11.4. The Balaban J connectivity index is 1.67. The van der Waals surface area contributed by atoms with Crippen LogP contribution in [0.15, 0.2) is 46.2 Å². The number of amides is 2. The minimum Gasteiger partial charge on any atom is -0.467 e. The van der Waals surface area contributed by atoms with Crippen molar-refractivity contribution in [3.05, 3.63) is 59.6 Å². The van der Waals surface area contributed by atoms with Crippen molar-refractivity contribution >= 4 is 29.3 Å². The fourth-order valence-electron chi connectivity index (χ4n) is 2.56. The van der Waals surface area contributed by atoms with Crippen LogP contribution in [0, 0.1) is 12.7 Å². The zero-order valence-electron chi connectivity index (χ0n) is 15.7. The summed E-state index contributed by atoms with van der Waals surface area (Å²) in [5.41, 5.74) is 6.12. The Bertz CT molecular complexity index is 1000. The molecule has 29 heavy (non-hydrogen) atoms. The Hall–Kier alpha value is -3.14. The molecule has 2 amide bonds. The number of nitrogens with one attached hydrogen (secondary N) is 1. The van der Waals surface area contributed by atoms with Crippen molar-refractivity contribution in [1.82, 2.24) is 14.8 Å². The lowest BCUT2D eigenvalue weighted by Crippen LogP contribution is -2.16. The summed E-state index contributed by atoms with van der Waals surface area (Å²) < 4.78 is 20.8. The molecule has 0 atom stereocenters. The summed E-state index contributed by atoms with van der Waals surface area (Å²) in [6.07, 6.45) is 2.03. The van der Waals surface area contributed by atoms with E-state index in [1.807, 2.05) is 6.07 Å². The van der Waals surface area contributed by atoms with Gasteiger partial charge in [-0.1, -0.05) is 17.8 Å². The van der Waals surface area contributed by atoms with Crippen LogP contribution in [-0.4, -0.2) is 32.3 Å². The lowest BCUT2D eigenvalue weighted by molar-refractivity contribution is -0.118. The van der Waals surface area contributed by atoms with Gasteiger partial charge in [0, 0.05) is 18.5 Å². The van der Waals surface area contributed by atoms with Crippen LogP contribution in [0.1, 0.15) is 23.6 Å². The van der Waals surface area contributed by atoms with Crippen LogP contribution in [-0.2, 0) is 22.6 Å². The van der Waals surface area contributed by atoms with Gasteiger partial charge in [0.15, 0.2) is 5.16 Å². The largest absolute Gasteiger partial charge is 0.467 e. The van der Waals surface area contributed by atoms with E-state index in [1.54, 1.807) is 36.0 Å². The van der Waals surface area contributed by atoms with Gasteiger partial charge in [-0.15, -0.1) is 10.2 Å². The Morgan fingerprint density at radius 2 is 2.14 bits per heavy atom. The molecule has 0 aliphatic rings. The summed E-state index contributed by atoms with van der Waals surface area (Å²) in [6, 6.07) is 8.10. The summed E-state index contributed by atoms with van der Waals surface area (Å²) in [5.74, 6) is 0.200. The smallest absolute Gasteiger partial charge is 0.234 e. The highest BCUT2D eigenvalue weighted by Crippen LogP contribution is 2.21. The lowest BCUT2D eigenvalue weighted by atomic mass is 10.2. The van der Waals surface area contributed by atoms with Crippen molar-refractivity contribution < 1.29 is 18.4 Å². The van der Waals surface area contributed by atoms with Crippen LogP contribution in [0.3, 0.4) is 0 Å². The first-order valence-electron chi connectivity index (χ1n) is 8.84. The number of aromatic nitrogens is 3. The van der Waals surface area contributed by atoms with Crippen molar-refractivity contribution in [3.63, 3.8) is 0 Å². The number of hydrogen-bond acceptors (Lipinski definition) is 6. The highest BCUT2D eigenvalue weighted by molar-refractivity contribution is 7.99. The zero-order chi connectivity index (χ0) is 20.8. The van der Waals surface area contributed by atoms with Gasteiger partial charge in [-0.3, -0.25) is 14.2 Å². The number of halogens is 1. The van der Waals surface area contributed by atoms with E-state index in [1.165, 1.54) is 17.8 Å². The standard InChI is InChI=1S/C19H20FN5O3S/c1-12-4-5-13(9-15(12)20)22-18(27)11-29-19-24-23-17(7-6-16(21)26)25(19)10-14-3-2-8-28-14/h2-5,8-9H,6-7,10-11H2,1H3,(H2,21,26)(H,22,27). The van der Waals surface area contributed by atoms with Crippen molar-refractivity contribution in [2.24, 2.45) is 5.73 Å². The Morgan fingerprint density at radius 3 is 2.83 bits per heavy atom. The van der Waals surface area contributed by atoms with Crippen LogP contribution in [0.5, 0.6) is 0 Å². The van der Waals surface area contributed by atoms with Gasteiger partial charge >= 0.3 is 0 Å². The van der Waals surface area contributed by atoms with E-state index in [0.29, 0.717) is 41.0 Å². The molecular formula is C19H20FN5O3S. The molecule has 0 radical (unpaired) electrons. The summed E-state index contributed by atoms with van der Waals surface area (Å²) in [6.45, 7) is 2.01. The van der Waals surface area contributed by atoms with E-state index in [2.05, 4.69) is 15.5 Å². The number of nitrogens with zero attached hydrogens (tertiary/aromatic N) is 3. The number of nitrogens with two attached hydrogens (primary N) is 1. The molecule has 0 saturated heterocycles. The van der Waals surface area contributed by atoms with Crippen molar-refractivity contribution in [3.8, 4) is 0 Å². The van der Waals surface area contributed by atoms with Crippen molar-refractivity contribution in [1.29, 1.82) is 0 Å². The molecule has 0 bridgehead atoms. The summed E-state index contributed by atoms with van der Waals surface area (Å²) >= 11 is 1.18. The summed E-state index contributed by atoms with van der Waals surface area (Å²) in [7, 11) is 0. The SMILES string of the molecule is Cc1ccc(NC(=O)CSc2nnc(CCC(N)=O)n2Cc2ccco2)cc1F. The van der Waals surface area contributed by atoms with E-state index in [9.17, 15) is 14.0 Å². The highest BCUT2D eigenvalue weighted by atomic mass is 32.2. The molecule has 2 heterocycles. The second kappa shape index (κ2) is 9.37. The number of hydrogen-bond donors (Lipinski definition) is 2. The molecule has 1 aromatic carbocycles. The van der Waals surface area contributed by atoms with Gasteiger partial charge in [0.05, 0.1) is 18.6 Å². The monoisotopic (exact) mass is 417 g/mol. The molecule has 0 fully saturated rings. The number of carbonyl (C=O) groups excluding carboxylic acids is 2. The second-order valence-electron chi connectivity index (χ2n) is 6.33. The molecule has 3 rings (SSSR count). The van der Waals surface area contributed by atoms with Gasteiger partial charge in [0.2, 0.25) is 11.8 Å². The third-order valence-corrected chi connectivity index (χ3v) is 5.04. The van der Waals surface area contributed by atoms with Crippen LogP contribution < -0.4 is 11.1 Å². The van der Waals surface area contributed by atoms with Gasteiger partial charge in [0.1, 0.15) is 17.4 Å². The third kappa shape index (κ3) is 5.67. The molecule has 2 aromatic heterocycles. The number of carbonyl (C=O) groups is 2. The Labute approximate surface area is 170 Å². The number of benzene rings is 1. The van der Waals surface area contributed by atoms with Gasteiger partial charge < -0.3 is 15.5 Å². The predicted octanol–water partition coefficient (Wildman–Crippen LogP) is 2.52. The van der Waals surface area contributed by atoms with E-state index in [4.69, 9.17) is 10.2 Å². The van der Waals surface area contributed by atoms with Crippen molar-refractivity contribution in [2.45, 2.75) is 31.5 Å². The van der Waals surface area contributed by atoms with Gasteiger partial charge in [-0.25, -0.2) is 4.39 Å².